The van der Waals surface area contributed by atoms with Crippen LogP contribution in [0.2, 0.25) is 5.02 Å². The minimum Gasteiger partial charge on any atom is -0.391 e. The van der Waals surface area contributed by atoms with Gasteiger partial charge in [0.25, 0.3) is 0 Å². The van der Waals surface area contributed by atoms with Crippen molar-refractivity contribution in [1.29, 1.82) is 0 Å². The monoisotopic (exact) mass is 213 g/mol. The molecule has 1 aromatic rings. The van der Waals surface area contributed by atoms with Crippen molar-refractivity contribution in [1.82, 2.24) is 9.97 Å². The number of hydrogen-bond acceptors (Lipinski definition) is 4. The maximum absolute atomic E-state index is 11.3. The Bertz CT molecular complexity index is 354. The van der Waals surface area contributed by atoms with E-state index in [1.54, 1.807) is 0 Å². The van der Waals surface area contributed by atoms with E-state index < -0.39 is 6.10 Å². The zero-order valence-electron chi connectivity index (χ0n) is 7.22. The van der Waals surface area contributed by atoms with Crippen molar-refractivity contribution < 1.29 is 9.90 Å². The molecule has 0 aromatic carbocycles. The third kappa shape index (κ3) is 1.69. The molecule has 5 nitrogen and oxygen atoms in total. The van der Waals surface area contributed by atoms with Crippen molar-refractivity contribution in [3.8, 4) is 0 Å². The second kappa shape index (κ2) is 3.51. The van der Waals surface area contributed by atoms with E-state index in [9.17, 15) is 9.90 Å². The van der Waals surface area contributed by atoms with E-state index in [1.807, 2.05) is 0 Å². The fourth-order valence-corrected chi connectivity index (χ4v) is 1.42. The number of aromatic nitrogens is 2. The van der Waals surface area contributed by atoms with Gasteiger partial charge in [0, 0.05) is 0 Å². The van der Waals surface area contributed by atoms with Crippen molar-refractivity contribution in [2.24, 2.45) is 0 Å². The molecule has 1 aromatic heterocycles. The lowest BCUT2D eigenvalue weighted by atomic mass is 10.3. The molecule has 14 heavy (non-hydrogen) atoms. The molecule has 0 saturated carbocycles. The van der Waals surface area contributed by atoms with Crippen LogP contribution in [0.5, 0.6) is 0 Å². The van der Waals surface area contributed by atoms with Crippen LogP contribution < -0.4 is 4.90 Å². The summed E-state index contributed by atoms with van der Waals surface area (Å²) in [6.07, 6.45) is 2.34. The molecule has 74 valence electrons. The molecule has 6 heteroatoms. The zero-order valence-corrected chi connectivity index (χ0v) is 7.98. The number of anilines is 1. The van der Waals surface area contributed by atoms with Gasteiger partial charge in [-0.25, -0.2) is 9.97 Å². The average molecular weight is 214 g/mol. The number of β-amino-alcohol motifs (C(OH)–C–C–N with tert-alkyl or cyclic N) is 1. The summed E-state index contributed by atoms with van der Waals surface area (Å²) in [5, 5.41) is 9.66. The van der Waals surface area contributed by atoms with Gasteiger partial charge in [0.2, 0.25) is 11.9 Å². The number of amides is 1. The van der Waals surface area contributed by atoms with Crippen LogP contribution in [0.4, 0.5) is 5.95 Å². The van der Waals surface area contributed by atoms with Gasteiger partial charge in [0.15, 0.2) is 0 Å². The largest absolute Gasteiger partial charge is 0.391 e. The number of nitrogens with zero attached hydrogens (tertiary/aromatic N) is 3. The van der Waals surface area contributed by atoms with Gasteiger partial charge in [-0.15, -0.1) is 0 Å². The Morgan fingerprint density at radius 1 is 1.50 bits per heavy atom. The van der Waals surface area contributed by atoms with E-state index in [1.165, 1.54) is 17.3 Å². The summed E-state index contributed by atoms with van der Waals surface area (Å²) in [6.45, 7) is 0.250. The lowest BCUT2D eigenvalue weighted by molar-refractivity contribution is -0.117. The molecule has 1 amide bonds. The van der Waals surface area contributed by atoms with Gasteiger partial charge in [-0.3, -0.25) is 9.69 Å². The van der Waals surface area contributed by atoms with Crippen LogP contribution in [-0.4, -0.2) is 33.6 Å². The Labute approximate surface area is 85.3 Å². The molecule has 0 spiro atoms. The number of hydrogen-bond donors (Lipinski definition) is 1. The zero-order chi connectivity index (χ0) is 10.1. The summed E-state index contributed by atoms with van der Waals surface area (Å²) in [5.41, 5.74) is 0. The number of carbonyl (C=O) groups excluding carboxylic acids is 1. The van der Waals surface area contributed by atoms with Crippen LogP contribution >= 0.6 is 11.6 Å². The molecule has 1 unspecified atom stereocenters. The van der Waals surface area contributed by atoms with E-state index in [0.717, 1.165) is 0 Å². The highest BCUT2D eigenvalue weighted by Gasteiger charge is 2.30. The molecule has 1 atom stereocenters. The molecule has 0 aliphatic carbocycles. The first kappa shape index (κ1) is 9.36. The van der Waals surface area contributed by atoms with Gasteiger partial charge >= 0.3 is 0 Å². The quantitative estimate of drug-likeness (QED) is 0.725. The highest BCUT2D eigenvalue weighted by molar-refractivity contribution is 6.30. The Hall–Kier alpha value is -1.20. The molecule has 2 rings (SSSR count). The third-order valence-corrected chi connectivity index (χ3v) is 2.15. The second-order valence-corrected chi connectivity index (χ2v) is 3.50. The minimum atomic E-state index is -0.623. The highest BCUT2D eigenvalue weighted by atomic mass is 35.5. The van der Waals surface area contributed by atoms with Crippen molar-refractivity contribution in [3.63, 3.8) is 0 Å². The molecule has 1 aliphatic heterocycles. The minimum absolute atomic E-state index is 0.131. The number of aliphatic hydroxyl groups is 1. The van der Waals surface area contributed by atoms with Crippen LogP contribution in [-0.2, 0) is 4.79 Å². The standard InChI is InChI=1S/C8H8ClN3O2/c9-5-2-10-8(11-3-5)12-4-6(13)1-7(12)14/h2-3,6,13H,1,4H2. The van der Waals surface area contributed by atoms with E-state index in [2.05, 4.69) is 9.97 Å². The fourth-order valence-electron chi connectivity index (χ4n) is 1.33. The van der Waals surface area contributed by atoms with Crippen LogP contribution in [0.15, 0.2) is 12.4 Å². The van der Waals surface area contributed by atoms with Crippen LogP contribution in [0, 0.1) is 0 Å². The molecule has 0 bridgehead atoms. The maximum Gasteiger partial charge on any atom is 0.232 e. The molecular weight excluding hydrogens is 206 g/mol. The third-order valence-electron chi connectivity index (χ3n) is 1.95. The van der Waals surface area contributed by atoms with E-state index in [0.29, 0.717) is 5.02 Å². The smallest absolute Gasteiger partial charge is 0.232 e. The summed E-state index contributed by atoms with van der Waals surface area (Å²) in [5.74, 6) is 0.121. The van der Waals surface area contributed by atoms with Gasteiger partial charge in [0.05, 0.1) is 36.5 Å². The first-order valence-electron chi connectivity index (χ1n) is 4.13. The molecule has 1 saturated heterocycles. The molecule has 0 radical (unpaired) electrons. The predicted octanol–water partition coefficient (Wildman–Crippen LogP) is 0.228. The average Bonchev–Trinajstić information content (AvgIpc) is 2.47. The van der Waals surface area contributed by atoms with E-state index in [4.69, 9.17) is 11.6 Å². The lowest BCUT2D eigenvalue weighted by Gasteiger charge is -2.12. The molecule has 1 aliphatic rings. The first-order chi connectivity index (χ1) is 6.66. The van der Waals surface area contributed by atoms with Gasteiger partial charge in [0.1, 0.15) is 0 Å². The molecular formula is C8H8ClN3O2. The highest BCUT2D eigenvalue weighted by Crippen LogP contribution is 2.17. The van der Waals surface area contributed by atoms with Crippen molar-refractivity contribution >= 4 is 23.5 Å². The first-order valence-corrected chi connectivity index (χ1v) is 4.50. The lowest BCUT2D eigenvalue weighted by Crippen LogP contribution is -2.27. The van der Waals surface area contributed by atoms with Gasteiger partial charge in [-0.2, -0.15) is 0 Å². The van der Waals surface area contributed by atoms with Crippen molar-refractivity contribution in [2.75, 3.05) is 11.4 Å². The Balaban J connectivity index is 2.23. The Morgan fingerprint density at radius 2 is 2.14 bits per heavy atom. The van der Waals surface area contributed by atoms with Crippen LogP contribution in [0.25, 0.3) is 0 Å². The maximum atomic E-state index is 11.3. The number of carbonyl (C=O) groups is 1. The molecule has 1 N–H and O–H groups in total. The summed E-state index contributed by atoms with van der Waals surface area (Å²) in [7, 11) is 0. The fraction of sp³-hybridized carbons (Fsp3) is 0.375. The topological polar surface area (TPSA) is 66.3 Å². The Kier molecular flexibility index (Phi) is 2.35. The Morgan fingerprint density at radius 3 is 2.64 bits per heavy atom. The normalized spacial score (nSPS) is 21.7. The molecule has 2 heterocycles. The summed E-state index contributed by atoms with van der Waals surface area (Å²) >= 11 is 5.61. The summed E-state index contributed by atoms with van der Waals surface area (Å²) in [6, 6.07) is 0. The summed E-state index contributed by atoms with van der Waals surface area (Å²) < 4.78 is 0. The number of halogens is 1. The predicted molar refractivity (Wildman–Crippen MR) is 50.0 cm³/mol. The second-order valence-electron chi connectivity index (χ2n) is 3.06. The van der Waals surface area contributed by atoms with Gasteiger partial charge in [-0.05, 0) is 0 Å². The SMILES string of the molecule is O=C1CC(O)CN1c1ncc(Cl)cn1. The number of aliphatic hydroxyl groups excluding tert-OH is 1. The van der Waals surface area contributed by atoms with Crippen LogP contribution in [0.1, 0.15) is 6.42 Å². The van der Waals surface area contributed by atoms with E-state index in [-0.39, 0.29) is 24.8 Å². The van der Waals surface area contributed by atoms with E-state index >= 15 is 0 Å². The number of rotatable bonds is 1. The van der Waals surface area contributed by atoms with Crippen molar-refractivity contribution in [3.05, 3.63) is 17.4 Å². The van der Waals surface area contributed by atoms with Gasteiger partial charge < -0.3 is 5.11 Å². The summed E-state index contributed by atoms with van der Waals surface area (Å²) in [4.78, 5) is 20.5. The van der Waals surface area contributed by atoms with Crippen molar-refractivity contribution in [2.45, 2.75) is 12.5 Å². The van der Waals surface area contributed by atoms with Gasteiger partial charge in [-0.1, -0.05) is 11.6 Å². The van der Waals surface area contributed by atoms with Crippen LogP contribution in [0.3, 0.4) is 0 Å². The molecule has 1 fully saturated rings.